The molecule has 0 spiro atoms. The van der Waals surface area contributed by atoms with Crippen molar-refractivity contribution in [2.24, 2.45) is 5.92 Å². The molecule has 2 amide bonds. The Morgan fingerprint density at radius 1 is 1.12 bits per heavy atom. The van der Waals surface area contributed by atoms with E-state index in [0.717, 1.165) is 37.9 Å². The molecule has 0 radical (unpaired) electrons. The number of fused-ring (bicyclic) bond motifs is 2. The van der Waals surface area contributed by atoms with Crippen molar-refractivity contribution < 1.29 is 13.6 Å². The third kappa shape index (κ3) is 2.92. The summed E-state index contributed by atoms with van der Waals surface area (Å²) in [5.74, 6) is -0.359. The maximum absolute atomic E-state index is 14.0. The van der Waals surface area contributed by atoms with Crippen molar-refractivity contribution in [3.8, 4) is 11.4 Å². The van der Waals surface area contributed by atoms with Crippen LogP contribution in [0.4, 0.5) is 19.4 Å². The largest absolute Gasteiger partial charge is 0.323 e. The molecular weight excluding hydrogens is 328 g/mol. The summed E-state index contributed by atoms with van der Waals surface area (Å²) >= 11 is 0. The van der Waals surface area contributed by atoms with Crippen LogP contribution in [0.3, 0.4) is 0 Å². The number of aromatic nitrogens is 3. The van der Waals surface area contributed by atoms with Crippen LogP contribution >= 0.6 is 0 Å². The fourth-order valence-electron chi connectivity index (χ4n) is 3.78. The second-order valence-electron chi connectivity index (χ2n) is 6.73. The Kier molecular flexibility index (Phi) is 3.82. The zero-order valence-corrected chi connectivity index (χ0v) is 13.6. The highest BCUT2D eigenvalue weighted by atomic mass is 19.1. The minimum absolute atomic E-state index is 0.0337. The minimum atomic E-state index is -0.640. The fourth-order valence-corrected chi connectivity index (χ4v) is 3.78. The molecule has 1 N–H and O–H groups in total. The highest BCUT2D eigenvalue weighted by Gasteiger charge is 2.46. The SMILES string of the molecule is CC1CC2C[C@@H](C1)N2C(=O)Nc1cc(-c2ncc(F)cn2)c(F)cn1. The van der Waals surface area contributed by atoms with Crippen LogP contribution < -0.4 is 5.32 Å². The summed E-state index contributed by atoms with van der Waals surface area (Å²) in [6, 6.07) is 1.68. The van der Waals surface area contributed by atoms with E-state index in [9.17, 15) is 13.6 Å². The van der Waals surface area contributed by atoms with Gasteiger partial charge >= 0.3 is 6.03 Å². The number of rotatable bonds is 2. The van der Waals surface area contributed by atoms with Crippen LogP contribution in [-0.4, -0.2) is 38.0 Å². The molecular formula is C17H17F2N5O. The van der Waals surface area contributed by atoms with Crippen molar-refractivity contribution in [2.45, 2.75) is 38.3 Å². The Bertz CT molecular complexity index is 801. The molecule has 2 unspecified atom stereocenters. The van der Waals surface area contributed by atoms with Crippen LogP contribution in [0.25, 0.3) is 11.4 Å². The molecule has 2 aliphatic heterocycles. The van der Waals surface area contributed by atoms with E-state index in [1.807, 2.05) is 4.90 Å². The molecule has 2 aromatic heterocycles. The topological polar surface area (TPSA) is 71.0 Å². The smallest absolute Gasteiger partial charge is 0.318 e. The molecule has 2 aromatic rings. The van der Waals surface area contributed by atoms with Gasteiger partial charge in [0, 0.05) is 12.1 Å². The second kappa shape index (κ2) is 6.02. The zero-order chi connectivity index (χ0) is 17.6. The van der Waals surface area contributed by atoms with Gasteiger partial charge in [0.1, 0.15) is 5.82 Å². The van der Waals surface area contributed by atoms with Crippen molar-refractivity contribution in [1.29, 1.82) is 0 Å². The normalized spacial score (nSPS) is 24.6. The number of carbonyl (C=O) groups is 1. The quantitative estimate of drug-likeness (QED) is 0.907. The molecule has 130 valence electrons. The Balaban J connectivity index is 1.53. The second-order valence-corrected chi connectivity index (χ2v) is 6.73. The number of hydrogen-bond acceptors (Lipinski definition) is 4. The van der Waals surface area contributed by atoms with Crippen molar-refractivity contribution in [2.75, 3.05) is 5.32 Å². The third-order valence-electron chi connectivity index (χ3n) is 4.87. The fraction of sp³-hybridized carbons (Fsp3) is 0.412. The van der Waals surface area contributed by atoms with Gasteiger partial charge in [0.05, 0.1) is 24.2 Å². The number of nitrogens with one attached hydrogen (secondary N) is 1. The highest BCUT2D eigenvalue weighted by Crippen LogP contribution is 2.41. The summed E-state index contributed by atoms with van der Waals surface area (Å²) in [5.41, 5.74) is 0.0581. The first-order valence-corrected chi connectivity index (χ1v) is 8.24. The van der Waals surface area contributed by atoms with Gasteiger partial charge < -0.3 is 4.90 Å². The predicted molar refractivity (Wildman–Crippen MR) is 86.6 cm³/mol. The minimum Gasteiger partial charge on any atom is -0.318 e. The summed E-state index contributed by atoms with van der Waals surface area (Å²) in [6.07, 6.45) is 5.98. The molecule has 3 fully saturated rings. The van der Waals surface area contributed by atoms with E-state index in [2.05, 4.69) is 27.2 Å². The summed E-state index contributed by atoms with van der Waals surface area (Å²) in [7, 11) is 0. The van der Waals surface area contributed by atoms with E-state index in [1.54, 1.807) is 0 Å². The number of pyridine rings is 1. The first-order valence-electron chi connectivity index (χ1n) is 8.24. The van der Waals surface area contributed by atoms with Crippen molar-refractivity contribution >= 4 is 11.8 Å². The first-order chi connectivity index (χ1) is 12.0. The summed E-state index contributed by atoms with van der Waals surface area (Å²) < 4.78 is 26.9. The van der Waals surface area contributed by atoms with Crippen LogP contribution in [0.1, 0.15) is 26.2 Å². The van der Waals surface area contributed by atoms with Crippen molar-refractivity contribution in [1.82, 2.24) is 19.9 Å². The van der Waals surface area contributed by atoms with Gasteiger partial charge in [0.15, 0.2) is 17.5 Å². The monoisotopic (exact) mass is 345 g/mol. The highest BCUT2D eigenvalue weighted by molar-refractivity contribution is 5.90. The number of nitrogens with zero attached hydrogens (tertiary/aromatic N) is 4. The number of anilines is 1. The maximum Gasteiger partial charge on any atom is 0.323 e. The molecule has 1 saturated carbocycles. The molecule has 2 bridgehead atoms. The van der Waals surface area contributed by atoms with Crippen LogP contribution in [0, 0.1) is 17.6 Å². The predicted octanol–water partition coefficient (Wildman–Crippen LogP) is 3.22. The van der Waals surface area contributed by atoms with Gasteiger partial charge in [-0.1, -0.05) is 6.92 Å². The van der Waals surface area contributed by atoms with Crippen LogP contribution in [0.2, 0.25) is 0 Å². The van der Waals surface area contributed by atoms with E-state index < -0.39 is 11.6 Å². The first kappa shape index (κ1) is 15.9. The summed E-state index contributed by atoms with van der Waals surface area (Å²) in [5, 5.41) is 2.72. The molecule has 4 heterocycles. The van der Waals surface area contributed by atoms with E-state index in [-0.39, 0.29) is 35.3 Å². The Morgan fingerprint density at radius 3 is 2.48 bits per heavy atom. The van der Waals surface area contributed by atoms with Gasteiger partial charge in [0.2, 0.25) is 0 Å². The lowest BCUT2D eigenvalue weighted by Crippen LogP contribution is -2.63. The maximum atomic E-state index is 14.0. The van der Waals surface area contributed by atoms with Gasteiger partial charge in [-0.25, -0.2) is 28.5 Å². The number of piperidine rings is 1. The molecule has 2 saturated heterocycles. The Hall–Kier alpha value is -2.64. The van der Waals surface area contributed by atoms with E-state index in [1.165, 1.54) is 6.07 Å². The van der Waals surface area contributed by atoms with Gasteiger partial charge in [-0.3, -0.25) is 5.32 Å². The lowest BCUT2D eigenvalue weighted by Gasteiger charge is -2.54. The van der Waals surface area contributed by atoms with Gasteiger partial charge in [0.25, 0.3) is 0 Å². The molecule has 6 nitrogen and oxygen atoms in total. The Labute approximate surface area is 143 Å². The van der Waals surface area contributed by atoms with Crippen molar-refractivity contribution in [3.63, 3.8) is 0 Å². The molecule has 3 atom stereocenters. The number of halogens is 2. The molecule has 0 aromatic carbocycles. The number of hydrogen-bond donors (Lipinski definition) is 1. The van der Waals surface area contributed by atoms with E-state index in [4.69, 9.17) is 0 Å². The molecule has 1 aliphatic carbocycles. The number of carbonyl (C=O) groups excluding carboxylic acids is 1. The van der Waals surface area contributed by atoms with E-state index >= 15 is 0 Å². The molecule has 3 aliphatic rings. The van der Waals surface area contributed by atoms with Gasteiger partial charge in [-0.15, -0.1) is 0 Å². The number of urea groups is 1. The average molecular weight is 345 g/mol. The van der Waals surface area contributed by atoms with Crippen molar-refractivity contribution in [3.05, 3.63) is 36.3 Å². The zero-order valence-electron chi connectivity index (χ0n) is 13.6. The number of amides is 2. The lowest BCUT2D eigenvalue weighted by molar-refractivity contribution is -0.00603. The molecule has 5 rings (SSSR count). The van der Waals surface area contributed by atoms with Crippen LogP contribution in [-0.2, 0) is 0 Å². The average Bonchev–Trinajstić information content (AvgIpc) is 2.57. The van der Waals surface area contributed by atoms with Gasteiger partial charge in [-0.2, -0.15) is 0 Å². The standard InChI is InChI=1S/C17H17F2N5O/c1-9-2-11-4-12(3-9)24(11)17(25)23-15-5-13(14(19)8-20-15)16-21-6-10(18)7-22-16/h5-9,11-12H,2-4H2,1H3,(H,20,23,25)/t9?,11-,12?/m1/s1. The van der Waals surface area contributed by atoms with E-state index in [0.29, 0.717) is 5.92 Å². The molecule has 8 heteroatoms. The third-order valence-corrected chi connectivity index (χ3v) is 4.87. The Morgan fingerprint density at radius 2 is 1.80 bits per heavy atom. The summed E-state index contributed by atoms with van der Waals surface area (Å²) in [4.78, 5) is 25.8. The van der Waals surface area contributed by atoms with Gasteiger partial charge in [-0.05, 0) is 31.2 Å². The molecule has 25 heavy (non-hydrogen) atoms. The summed E-state index contributed by atoms with van der Waals surface area (Å²) in [6.45, 7) is 2.20. The van der Waals surface area contributed by atoms with Crippen LogP contribution in [0.15, 0.2) is 24.7 Å². The van der Waals surface area contributed by atoms with Crippen LogP contribution in [0.5, 0.6) is 0 Å². The lowest BCUT2D eigenvalue weighted by atomic mass is 9.74.